The summed E-state index contributed by atoms with van der Waals surface area (Å²) in [6.45, 7) is 4.29. The molecule has 3 fully saturated rings. The second-order valence-electron chi connectivity index (χ2n) is 11.1. The SMILES string of the molecule is CC(CN1C(=O)C2(CC2)N=C1c1ccc(-c2ccc(C(F)(F)F)cc2)cc1)C1CCN(C(=O)C2CC2)C1. The third-order valence-corrected chi connectivity index (χ3v) is 8.37. The van der Waals surface area contributed by atoms with Crippen molar-refractivity contribution in [2.45, 2.75) is 50.7 Å². The minimum Gasteiger partial charge on any atom is -0.342 e. The minimum absolute atomic E-state index is 0.0603. The predicted octanol–water partition coefficient (Wildman–Crippen LogP) is 5.39. The van der Waals surface area contributed by atoms with E-state index in [-0.39, 0.29) is 17.7 Å². The molecule has 0 aromatic heterocycles. The highest BCUT2D eigenvalue weighted by Crippen LogP contribution is 2.46. The number of likely N-dealkylation sites (tertiary alicyclic amines) is 1. The van der Waals surface area contributed by atoms with E-state index in [1.807, 2.05) is 34.1 Å². The normalized spacial score (nSPS) is 23.5. The van der Waals surface area contributed by atoms with Crippen LogP contribution in [0.1, 0.15) is 50.2 Å². The van der Waals surface area contributed by atoms with Gasteiger partial charge < -0.3 is 4.90 Å². The molecule has 2 saturated carbocycles. The van der Waals surface area contributed by atoms with E-state index in [2.05, 4.69) is 6.92 Å². The number of hydrogen-bond acceptors (Lipinski definition) is 3. The predicted molar refractivity (Wildman–Crippen MR) is 134 cm³/mol. The molecular weight excluding hydrogens is 479 g/mol. The van der Waals surface area contributed by atoms with Crippen LogP contribution >= 0.6 is 0 Å². The van der Waals surface area contributed by atoms with Gasteiger partial charge in [0, 0.05) is 31.1 Å². The molecule has 194 valence electrons. The Labute approximate surface area is 214 Å². The molecule has 2 atom stereocenters. The fourth-order valence-electron chi connectivity index (χ4n) is 5.63. The van der Waals surface area contributed by atoms with Crippen molar-refractivity contribution < 1.29 is 22.8 Å². The first-order chi connectivity index (χ1) is 17.6. The van der Waals surface area contributed by atoms with Crippen molar-refractivity contribution in [1.82, 2.24) is 9.80 Å². The first kappa shape index (κ1) is 24.2. The van der Waals surface area contributed by atoms with E-state index >= 15 is 0 Å². The highest BCUT2D eigenvalue weighted by Gasteiger charge is 2.57. The molecule has 5 nitrogen and oxygen atoms in total. The van der Waals surface area contributed by atoms with Crippen LogP contribution in [0.5, 0.6) is 0 Å². The van der Waals surface area contributed by atoms with Crippen molar-refractivity contribution in [3.8, 4) is 11.1 Å². The lowest BCUT2D eigenvalue weighted by atomic mass is 9.92. The highest BCUT2D eigenvalue weighted by molar-refractivity contribution is 6.16. The summed E-state index contributed by atoms with van der Waals surface area (Å²) in [6.07, 6.45) is 0.141. The number of halogens is 3. The molecule has 37 heavy (non-hydrogen) atoms. The molecule has 2 aliphatic carbocycles. The lowest BCUT2D eigenvalue weighted by molar-refractivity contribution is -0.137. The molecular formula is C29H30F3N3O2. The molecule has 2 aromatic rings. The molecule has 2 heterocycles. The molecule has 1 spiro atoms. The summed E-state index contributed by atoms with van der Waals surface area (Å²) in [5.41, 5.74) is 1.03. The van der Waals surface area contributed by atoms with Crippen molar-refractivity contribution in [3.63, 3.8) is 0 Å². The number of hydrogen-bond donors (Lipinski definition) is 0. The van der Waals surface area contributed by atoms with E-state index in [0.29, 0.717) is 29.8 Å². The fraction of sp³-hybridized carbons (Fsp3) is 0.483. The zero-order chi connectivity index (χ0) is 25.9. The Bertz CT molecular complexity index is 1240. The van der Waals surface area contributed by atoms with E-state index in [4.69, 9.17) is 4.99 Å². The molecule has 4 aliphatic rings. The highest BCUT2D eigenvalue weighted by atomic mass is 19.4. The van der Waals surface area contributed by atoms with Crippen molar-refractivity contribution in [2.75, 3.05) is 19.6 Å². The van der Waals surface area contributed by atoms with Gasteiger partial charge in [0.1, 0.15) is 11.4 Å². The summed E-state index contributed by atoms with van der Waals surface area (Å²) in [4.78, 5) is 34.5. The van der Waals surface area contributed by atoms with Gasteiger partial charge in [0.05, 0.1) is 5.56 Å². The van der Waals surface area contributed by atoms with Crippen molar-refractivity contribution in [1.29, 1.82) is 0 Å². The number of carbonyl (C=O) groups is 2. The summed E-state index contributed by atoms with van der Waals surface area (Å²) in [6, 6.07) is 12.6. The summed E-state index contributed by atoms with van der Waals surface area (Å²) in [5.74, 6) is 1.84. The molecule has 6 rings (SSSR count). The first-order valence-electron chi connectivity index (χ1n) is 13.1. The topological polar surface area (TPSA) is 53.0 Å². The lowest BCUT2D eigenvalue weighted by Crippen LogP contribution is -2.41. The average Bonchev–Trinajstić information content (AvgIpc) is 3.81. The maximum Gasteiger partial charge on any atom is 0.416 e. The molecule has 2 aromatic carbocycles. The summed E-state index contributed by atoms with van der Waals surface area (Å²) < 4.78 is 38.7. The summed E-state index contributed by atoms with van der Waals surface area (Å²) in [5, 5.41) is 0. The quantitative estimate of drug-likeness (QED) is 0.525. The van der Waals surface area contributed by atoms with Gasteiger partial charge in [0.15, 0.2) is 0 Å². The second-order valence-corrected chi connectivity index (χ2v) is 11.1. The van der Waals surface area contributed by atoms with Gasteiger partial charge in [-0.25, -0.2) is 0 Å². The molecule has 2 amide bonds. The van der Waals surface area contributed by atoms with Gasteiger partial charge in [-0.1, -0.05) is 43.3 Å². The number of amidine groups is 1. The van der Waals surface area contributed by atoms with Gasteiger partial charge in [-0.15, -0.1) is 0 Å². The molecule has 2 unspecified atom stereocenters. The molecule has 0 bridgehead atoms. The van der Waals surface area contributed by atoms with Crippen molar-refractivity contribution in [3.05, 3.63) is 59.7 Å². The van der Waals surface area contributed by atoms with Crippen molar-refractivity contribution in [2.24, 2.45) is 22.7 Å². The van der Waals surface area contributed by atoms with E-state index in [1.54, 1.807) is 0 Å². The van der Waals surface area contributed by atoms with Gasteiger partial charge in [-0.2, -0.15) is 13.2 Å². The molecule has 0 N–H and O–H groups in total. The van der Waals surface area contributed by atoms with Crippen LogP contribution in [0.2, 0.25) is 0 Å². The second kappa shape index (κ2) is 8.71. The van der Waals surface area contributed by atoms with Gasteiger partial charge in [-0.3, -0.25) is 19.5 Å². The number of benzene rings is 2. The van der Waals surface area contributed by atoms with Crippen LogP contribution in [-0.2, 0) is 15.8 Å². The van der Waals surface area contributed by atoms with Crippen LogP contribution in [0.3, 0.4) is 0 Å². The molecule has 8 heteroatoms. The maximum absolute atomic E-state index is 13.4. The molecule has 2 aliphatic heterocycles. The fourth-order valence-corrected chi connectivity index (χ4v) is 5.63. The lowest BCUT2D eigenvalue weighted by Gasteiger charge is -2.27. The Balaban J connectivity index is 1.17. The zero-order valence-corrected chi connectivity index (χ0v) is 20.8. The molecule has 1 saturated heterocycles. The van der Waals surface area contributed by atoms with Crippen molar-refractivity contribution >= 4 is 17.6 Å². The van der Waals surface area contributed by atoms with Crippen LogP contribution in [0.25, 0.3) is 11.1 Å². The third kappa shape index (κ3) is 4.55. The maximum atomic E-state index is 13.4. The Kier molecular flexibility index (Phi) is 5.69. The smallest absolute Gasteiger partial charge is 0.342 e. The van der Waals surface area contributed by atoms with E-state index in [0.717, 1.165) is 68.5 Å². The minimum atomic E-state index is -4.36. The number of aliphatic imine (C=N–C) groups is 1. The standard InChI is InChI=1S/C29H30F3N3O2/c1-18(23-12-15-34(17-23)26(36)22-6-7-22)16-35-25(33-28(13-14-28)27(35)37)21-4-2-19(3-5-21)20-8-10-24(11-9-20)29(30,31)32/h2-5,8-11,18,22-23H,6-7,12-17H2,1H3. The number of nitrogens with zero attached hydrogens (tertiary/aromatic N) is 3. The Morgan fingerprint density at radius 3 is 2.16 bits per heavy atom. The van der Waals surface area contributed by atoms with Crippen LogP contribution < -0.4 is 0 Å². The Morgan fingerprint density at radius 1 is 1.00 bits per heavy atom. The number of alkyl halides is 3. The van der Waals surface area contributed by atoms with Gasteiger partial charge >= 0.3 is 6.18 Å². The summed E-state index contributed by atoms with van der Waals surface area (Å²) in [7, 11) is 0. The van der Waals surface area contributed by atoms with E-state index in [9.17, 15) is 22.8 Å². The molecule has 0 radical (unpaired) electrons. The number of rotatable bonds is 6. The van der Waals surface area contributed by atoms with Gasteiger partial charge in [-0.05, 0) is 67.2 Å². The number of carbonyl (C=O) groups excluding carboxylic acids is 2. The monoisotopic (exact) mass is 509 g/mol. The van der Waals surface area contributed by atoms with Crippen LogP contribution in [0.4, 0.5) is 13.2 Å². The van der Waals surface area contributed by atoms with E-state index in [1.165, 1.54) is 12.1 Å². The third-order valence-electron chi connectivity index (χ3n) is 8.37. The zero-order valence-electron chi connectivity index (χ0n) is 20.8. The average molecular weight is 510 g/mol. The number of amides is 2. The van der Waals surface area contributed by atoms with Gasteiger partial charge in [0.25, 0.3) is 5.91 Å². The van der Waals surface area contributed by atoms with Crippen LogP contribution in [-0.4, -0.2) is 52.6 Å². The Morgan fingerprint density at radius 2 is 1.59 bits per heavy atom. The largest absolute Gasteiger partial charge is 0.416 e. The van der Waals surface area contributed by atoms with E-state index < -0.39 is 17.3 Å². The van der Waals surface area contributed by atoms with Crippen LogP contribution in [0.15, 0.2) is 53.5 Å². The van der Waals surface area contributed by atoms with Crippen LogP contribution in [0, 0.1) is 17.8 Å². The summed E-state index contributed by atoms with van der Waals surface area (Å²) >= 11 is 0. The first-order valence-corrected chi connectivity index (χ1v) is 13.1. The van der Waals surface area contributed by atoms with Gasteiger partial charge in [0.2, 0.25) is 5.91 Å². The Hall–Kier alpha value is -3.16.